The van der Waals surface area contributed by atoms with Crippen molar-refractivity contribution in [3.05, 3.63) is 64.6 Å². The Hall–Kier alpha value is -2.28. The zero-order chi connectivity index (χ0) is 25.6. The molecule has 0 aliphatic carbocycles. The summed E-state index contributed by atoms with van der Waals surface area (Å²) in [4.78, 5) is 5.45. The number of anilines is 1. The molecule has 3 aromatic rings. The lowest BCUT2D eigenvalue weighted by molar-refractivity contribution is -0.338. The minimum atomic E-state index is -6.03. The van der Waals surface area contributed by atoms with Crippen molar-refractivity contribution in [3.8, 4) is 10.4 Å². The lowest BCUT2D eigenvalue weighted by atomic mass is 9.91. The summed E-state index contributed by atoms with van der Waals surface area (Å²) in [6, 6.07) is 11.9. The Morgan fingerprint density at radius 2 is 1.71 bits per heavy atom. The van der Waals surface area contributed by atoms with Crippen LogP contribution >= 0.6 is 34.7 Å². The van der Waals surface area contributed by atoms with Gasteiger partial charge in [0.2, 0.25) is 0 Å². The molecular weight excluding hydrogens is 536 g/mol. The van der Waals surface area contributed by atoms with Crippen molar-refractivity contribution < 1.29 is 31.4 Å². The van der Waals surface area contributed by atoms with E-state index in [0.717, 1.165) is 20.5 Å². The summed E-state index contributed by atoms with van der Waals surface area (Å²) in [6.45, 7) is 0. The van der Waals surface area contributed by atoms with Gasteiger partial charge in [0.05, 0.1) is 27.5 Å². The molecule has 4 rings (SSSR count). The molecule has 13 heteroatoms. The summed E-state index contributed by atoms with van der Waals surface area (Å²) >= 11 is 8.84. The first-order valence-electron chi connectivity index (χ1n) is 9.94. The summed E-state index contributed by atoms with van der Waals surface area (Å²) < 4.78 is 81.5. The van der Waals surface area contributed by atoms with Gasteiger partial charge in [-0.15, -0.1) is 23.1 Å². The lowest BCUT2D eigenvalue weighted by Crippen LogP contribution is -2.62. The smallest absolute Gasteiger partial charge is 0.369 e. The Labute approximate surface area is 209 Å². The lowest BCUT2D eigenvalue weighted by Gasteiger charge is -2.31. The van der Waals surface area contributed by atoms with Crippen LogP contribution in [0.15, 0.2) is 64.9 Å². The maximum absolute atomic E-state index is 13.6. The molecule has 1 N–H and O–H groups in total. The number of halogens is 7. The highest BCUT2D eigenvalue weighted by Gasteiger charge is 2.74. The molecule has 3 heterocycles. The van der Waals surface area contributed by atoms with E-state index >= 15 is 0 Å². The maximum Gasteiger partial charge on any atom is 0.431 e. The molecule has 0 amide bonds. The van der Waals surface area contributed by atoms with Crippen LogP contribution in [0.4, 0.5) is 32.0 Å². The molecule has 1 aliphatic heterocycles. The molecule has 1 aromatic carbocycles. The van der Waals surface area contributed by atoms with Crippen LogP contribution in [0, 0.1) is 0 Å². The van der Waals surface area contributed by atoms with Crippen LogP contribution in [0.1, 0.15) is 17.3 Å². The van der Waals surface area contributed by atoms with Crippen LogP contribution in [0.25, 0.3) is 10.4 Å². The van der Waals surface area contributed by atoms with Gasteiger partial charge in [-0.25, -0.2) is 4.98 Å². The highest BCUT2D eigenvalue weighted by molar-refractivity contribution is 7.98. The van der Waals surface area contributed by atoms with E-state index in [4.69, 9.17) is 11.6 Å². The number of rotatable bonds is 5. The van der Waals surface area contributed by atoms with Gasteiger partial charge in [-0.3, -0.25) is 5.01 Å². The van der Waals surface area contributed by atoms with Crippen LogP contribution in [0.3, 0.4) is 0 Å². The Morgan fingerprint density at radius 3 is 2.29 bits per heavy atom. The summed E-state index contributed by atoms with van der Waals surface area (Å²) in [5, 5.41) is 15.5. The molecule has 0 fully saturated rings. The fourth-order valence-electron chi connectivity index (χ4n) is 3.63. The maximum atomic E-state index is 13.6. The minimum Gasteiger partial charge on any atom is -0.369 e. The topological polar surface area (TPSA) is 48.7 Å². The first-order valence-corrected chi connectivity index (χ1v) is 12.4. The van der Waals surface area contributed by atoms with E-state index in [2.05, 4.69) is 10.1 Å². The van der Waals surface area contributed by atoms with Gasteiger partial charge in [-0.2, -0.15) is 31.4 Å². The van der Waals surface area contributed by atoms with E-state index < -0.39 is 36.1 Å². The molecule has 1 aliphatic rings. The summed E-state index contributed by atoms with van der Waals surface area (Å²) in [6.07, 6.45) is -9.37. The number of aliphatic hydroxyl groups is 1. The summed E-state index contributed by atoms with van der Waals surface area (Å²) in [5.74, 6) is 0. The third-order valence-electron chi connectivity index (χ3n) is 5.43. The van der Waals surface area contributed by atoms with Gasteiger partial charge >= 0.3 is 12.4 Å². The second-order valence-electron chi connectivity index (χ2n) is 7.56. The Morgan fingerprint density at radius 1 is 1.03 bits per heavy atom. The molecule has 186 valence electrons. The van der Waals surface area contributed by atoms with E-state index in [1.807, 2.05) is 12.3 Å². The van der Waals surface area contributed by atoms with Gasteiger partial charge in [-0.05, 0) is 42.7 Å². The largest absolute Gasteiger partial charge is 0.431 e. The number of hydrazone groups is 1. The Balaban J connectivity index is 1.78. The molecule has 4 nitrogen and oxygen atoms in total. The molecule has 1 unspecified atom stereocenters. The predicted octanol–water partition coefficient (Wildman–Crippen LogP) is 7.35. The highest BCUT2D eigenvalue weighted by atomic mass is 35.5. The third-order valence-corrected chi connectivity index (χ3v) is 7.65. The van der Waals surface area contributed by atoms with E-state index in [1.54, 1.807) is 30.5 Å². The zero-order valence-electron chi connectivity index (χ0n) is 17.7. The number of nitrogens with zero attached hydrogens (tertiary/aromatic N) is 3. The van der Waals surface area contributed by atoms with E-state index in [0.29, 0.717) is 4.88 Å². The Kier molecular flexibility index (Phi) is 6.86. The molecule has 0 spiro atoms. The first kappa shape index (κ1) is 25.8. The van der Waals surface area contributed by atoms with Gasteiger partial charge < -0.3 is 5.11 Å². The number of pyridine rings is 1. The van der Waals surface area contributed by atoms with Crippen molar-refractivity contribution >= 4 is 46.1 Å². The molecule has 0 radical (unpaired) electrons. The number of hydrogen-bond donors (Lipinski definition) is 1. The normalized spacial score (nSPS) is 17.1. The van der Waals surface area contributed by atoms with Crippen molar-refractivity contribution in [2.24, 2.45) is 5.10 Å². The van der Waals surface area contributed by atoms with Crippen molar-refractivity contribution in [2.45, 2.75) is 35.4 Å². The summed E-state index contributed by atoms with van der Waals surface area (Å²) in [7, 11) is 0. The van der Waals surface area contributed by atoms with Crippen molar-refractivity contribution in [1.82, 2.24) is 4.98 Å². The number of alkyl halides is 6. The zero-order valence-corrected chi connectivity index (χ0v) is 20.1. The molecule has 0 saturated heterocycles. The summed E-state index contributed by atoms with van der Waals surface area (Å²) in [5.41, 5.74) is -5.71. The number of para-hydroxylation sites is 1. The van der Waals surface area contributed by atoms with Crippen molar-refractivity contribution in [1.29, 1.82) is 0 Å². The van der Waals surface area contributed by atoms with Gasteiger partial charge in [0.1, 0.15) is 0 Å². The average molecular weight is 552 g/mol. The molecule has 35 heavy (non-hydrogen) atoms. The van der Waals surface area contributed by atoms with Crippen LogP contribution in [-0.2, 0) is 0 Å². The second-order valence-corrected chi connectivity index (χ2v) is 9.91. The predicted molar refractivity (Wildman–Crippen MR) is 125 cm³/mol. The fourth-order valence-corrected chi connectivity index (χ4v) is 5.30. The number of thiophene rings is 1. The van der Waals surface area contributed by atoms with Crippen molar-refractivity contribution in [3.63, 3.8) is 0 Å². The molecular formula is C22H16ClF6N3OS2. The van der Waals surface area contributed by atoms with Crippen LogP contribution < -0.4 is 5.01 Å². The van der Waals surface area contributed by atoms with Crippen LogP contribution in [-0.4, -0.2) is 40.0 Å². The second kappa shape index (κ2) is 9.30. The monoisotopic (exact) mass is 551 g/mol. The minimum absolute atomic E-state index is 0.0821. The van der Waals surface area contributed by atoms with E-state index in [1.165, 1.54) is 41.3 Å². The Bertz CT molecular complexity index is 1230. The average Bonchev–Trinajstić information content (AvgIpc) is 3.45. The molecule has 2 aromatic heterocycles. The van der Waals surface area contributed by atoms with Crippen LogP contribution in [0.2, 0.25) is 5.02 Å². The molecule has 1 atom stereocenters. The van der Waals surface area contributed by atoms with Gasteiger partial charge in [0.15, 0.2) is 0 Å². The first-order chi connectivity index (χ1) is 16.4. The molecule has 0 saturated carbocycles. The van der Waals surface area contributed by atoms with Crippen LogP contribution in [0.5, 0.6) is 0 Å². The van der Waals surface area contributed by atoms with Gasteiger partial charge in [0.25, 0.3) is 5.60 Å². The fraction of sp³-hybridized carbons (Fsp3) is 0.273. The third kappa shape index (κ3) is 4.64. The van der Waals surface area contributed by atoms with Gasteiger partial charge in [-0.1, -0.05) is 23.7 Å². The standard InChI is InChI=1S/C22H16ClF6N3OS2/c1-34-19-9-6-12(11-30-19)16-7-8-17(35-16)15-10-18(20(33,21(24,25)26)22(27,28)29)31-32(15)14-5-3-2-4-13(14)23/h2-9,11,15,33H,10H2,1H3. The number of benzene rings is 1. The quantitative estimate of drug-likeness (QED) is 0.266. The van der Waals surface area contributed by atoms with E-state index in [-0.39, 0.29) is 10.7 Å². The highest BCUT2D eigenvalue weighted by Crippen LogP contribution is 2.50. The number of hydrogen-bond acceptors (Lipinski definition) is 6. The number of aromatic nitrogens is 1. The molecule has 0 bridgehead atoms. The number of thioether (sulfide) groups is 1. The van der Waals surface area contributed by atoms with Crippen molar-refractivity contribution in [2.75, 3.05) is 11.3 Å². The SMILES string of the molecule is CSc1ccc(-c2ccc(C3CC(C(O)(C(F)(F)F)C(F)(F)F)=NN3c3ccccc3Cl)s2)cn1. The van der Waals surface area contributed by atoms with E-state index in [9.17, 15) is 31.4 Å². The van der Waals surface area contributed by atoms with Gasteiger partial charge in [0, 0.05) is 27.9 Å².